The molecule has 1 aromatic rings. The Morgan fingerprint density at radius 3 is 2.67 bits per heavy atom. The van der Waals surface area contributed by atoms with Crippen LogP contribution in [0.4, 0.5) is 4.39 Å². The number of hydrogen-bond donors (Lipinski definition) is 1. The quantitative estimate of drug-likeness (QED) is 0.884. The standard InChI is InChI=1S/C14H17ClFN3O2/c1-18-4-5-19(8-10(7-18)13(17)20)14(21)9-2-3-12(16)11(15)6-9/h2-3,6,10H,4-5,7-8H2,1H3,(H2,17,20). The normalized spacial score (nSPS) is 20.1. The maximum atomic E-state index is 13.2. The van der Waals surface area contributed by atoms with Crippen LogP contribution >= 0.6 is 11.6 Å². The first-order valence-electron chi connectivity index (χ1n) is 6.60. The number of primary amides is 1. The van der Waals surface area contributed by atoms with E-state index < -0.39 is 17.6 Å². The van der Waals surface area contributed by atoms with Gasteiger partial charge < -0.3 is 15.5 Å². The average molecular weight is 314 g/mol. The Morgan fingerprint density at radius 2 is 2.05 bits per heavy atom. The summed E-state index contributed by atoms with van der Waals surface area (Å²) in [6.07, 6.45) is 0. The Bertz CT molecular complexity index is 567. The summed E-state index contributed by atoms with van der Waals surface area (Å²) in [5.41, 5.74) is 5.67. The van der Waals surface area contributed by atoms with Gasteiger partial charge in [-0.15, -0.1) is 0 Å². The van der Waals surface area contributed by atoms with Crippen molar-refractivity contribution in [2.45, 2.75) is 0 Å². The summed E-state index contributed by atoms with van der Waals surface area (Å²) in [6, 6.07) is 3.84. The smallest absolute Gasteiger partial charge is 0.253 e. The van der Waals surface area contributed by atoms with Crippen molar-refractivity contribution in [1.29, 1.82) is 0 Å². The van der Waals surface area contributed by atoms with Crippen LogP contribution in [0.1, 0.15) is 10.4 Å². The zero-order valence-corrected chi connectivity index (χ0v) is 12.4. The third-order valence-electron chi connectivity index (χ3n) is 3.58. The fourth-order valence-corrected chi connectivity index (χ4v) is 2.53. The first-order valence-corrected chi connectivity index (χ1v) is 6.98. The first kappa shape index (κ1) is 15.7. The van der Waals surface area contributed by atoms with Crippen LogP contribution in [-0.4, -0.2) is 54.8 Å². The number of halogens is 2. The molecule has 1 saturated heterocycles. The summed E-state index contributed by atoms with van der Waals surface area (Å²) < 4.78 is 13.2. The molecule has 1 aliphatic rings. The number of hydrogen-bond acceptors (Lipinski definition) is 3. The number of nitrogens with zero attached hydrogens (tertiary/aromatic N) is 2. The van der Waals surface area contributed by atoms with Crippen LogP contribution in [0.25, 0.3) is 0 Å². The minimum absolute atomic E-state index is 0.0979. The SMILES string of the molecule is CN1CCN(C(=O)c2ccc(F)c(Cl)c2)CC(C(N)=O)C1. The van der Waals surface area contributed by atoms with Gasteiger partial charge in [-0.3, -0.25) is 9.59 Å². The van der Waals surface area contributed by atoms with Crippen LogP contribution in [0.2, 0.25) is 5.02 Å². The largest absolute Gasteiger partial charge is 0.369 e. The molecule has 2 amide bonds. The topological polar surface area (TPSA) is 66.6 Å². The highest BCUT2D eigenvalue weighted by atomic mass is 35.5. The van der Waals surface area contributed by atoms with Gasteiger partial charge in [0.25, 0.3) is 5.91 Å². The summed E-state index contributed by atoms with van der Waals surface area (Å²) in [5, 5.41) is -0.0979. The van der Waals surface area contributed by atoms with Crippen molar-refractivity contribution in [2.24, 2.45) is 11.7 Å². The molecule has 0 spiro atoms. The third-order valence-corrected chi connectivity index (χ3v) is 3.87. The average Bonchev–Trinajstić information content (AvgIpc) is 2.63. The van der Waals surface area contributed by atoms with Crippen LogP contribution in [0.15, 0.2) is 18.2 Å². The number of rotatable bonds is 2. The van der Waals surface area contributed by atoms with E-state index >= 15 is 0 Å². The monoisotopic (exact) mass is 313 g/mol. The van der Waals surface area contributed by atoms with Crippen molar-refractivity contribution in [1.82, 2.24) is 9.80 Å². The van der Waals surface area contributed by atoms with E-state index in [4.69, 9.17) is 17.3 Å². The fourth-order valence-electron chi connectivity index (χ4n) is 2.35. The van der Waals surface area contributed by atoms with Crippen LogP contribution in [0, 0.1) is 11.7 Å². The lowest BCUT2D eigenvalue weighted by atomic mass is 10.1. The van der Waals surface area contributed by atoms with Crippen molar-refractivity contribution in [2.75, 3.05) is 33.2 Å². The summed E-state index contributed by atoms with van der Waals surface area (Å²) in [4.78, 5) is 27.4. The van der Waals surface area contributed by atoms with Gasteiger partial charge in [-0.05, 0) is 25.2 Å². The second-order valence-corrected chi connectivity index (χ2v) is 5.65. The molecule has 0 aromatic heterocycles. The highest BCUT2D eigenvalue weighted by Gasteiger charge is 2.28. The maximum Gasteiger partial charge on any atom is 0.253 e. The van der Waals surface area contributed by atoms with E-state index in [2.05, 4.69) is 0 Å². The first-order chi connectivity index (χ1) is 9.88. The summed E-state index contributed by atoms with van der Waals surface area (Å²) in [5.74, 6) is -1.70. The molecule has 0 radical (unpaired) electrons. The number of carbonyl (C=O) groups is 2. The Balaban J connectivity index is 2.20. The maximum absolute atomic E-state index is 13.2. The lowest BCUT2D eigenvalue weighted by Crippen LogP contribution is -2.40. The minimum atomic E-state index is -0.571. The van der Waals surface area contributed by atoms with E-state index in [0.29, 0.717) is 25.2 Å². The molecule has 1 aliphatic heterocycles. The Morgan fingerprint density at radius 1 is 1.33 bits per heavy atom. The number of benzene rings is 1. The molecular formula is C14H17ClFN3O2. The number of nitrogens with two attached hydrogens (primary N) is 1. The lowest BCUT2D eigenvalue weighted by Gasteiger charge is -2.22. The molecule has 7 heteroatoms. The van der Waals surface area contributed by atoms with E-state index in [1.54, 1.807) is 4.90 Å². The summed E-state index contributed by atoms with van der Waals surface area (Å²) >= 11 is 5.70. The second-order valence-electron chi connectivity index (χ2n) is 5.24. The van der Waals surface area contributed by atoms with E-state index in [1.807, 2.05) is 11.9 Å². The zero-order valence-electron chi connectivity index (χ0n) is 11.7. The molecule has 1 fully saturated rings. The Kier molecular flexibility index (Phi) is 4.80. The minimum Gasteiger partial charge on any atom is -0.369 e. The van der Waals surface area contributed by atoms with E-state index in [-0.39, 0.29) is 17.5 Å². The van der Waals surface area contributed by atoms with Crippen LogP contribution < -0.4 is 5.73 Å². The molecule has 5 nitrogen and oxygen atoms in total. The van der Waals surface area contributed by atoms with E-state index in [0.717, 1.165) is 6.07 Å². The molecule has 2 N–H and O–H groups in total. The van der Waals surface area contributed by atoms with Crippen LogP contribution in [-0.2, 0) is 4.79 Å². The van der Waals surface area contributed by atoms with Gasteiger partial charge in [0.1, 0.15) is 5.82 Å². The Labute approximate surface area is 127 Å². The molecule has 0 saturated carbocycles. The van der Waals surface area contributed by atoms with Crippen LogP contribution in [0.3, 0.4) is 0 Å². The molecule has 1 heterocycles. The molecule has 114 valence electrons. The van der Waals surface area contributed by atoms with Crippen molar-refractivity contribution < 1.29 is 14.0 Å². The van der Waals surface area contributed by atoms with Gasteiger partial charge >= 0.3 is 0 Å². The predicted molar refractivity (Wildman–Crippen MR) is 77.5 cm³/mol. The molecule has 1 unspecified atom stereocenters. The molecule has 1 aromatic carbocycles. The van der Waals surface area contributed by atoms with Gasteiger partial charge in [0, 0.05) is 31.7 Å². The van der Waals surface area contributed by atoms with Crippen molar-refractivity contribution in [3.05, 3.63) is 34.6 Å². The van der Waals surface area contributed by atoms with Crippen molar-refractivity contribution >= 4 is 23.4 Å². The van der Waals surface area contributed by atoms with E-state index in [9.17, 15) is 14.0 Å². The third kappa shape index (κ3) is 3.71. The van der Waals surface area contributed by atoms with Crippen LogP contribution in [0.5, 0.6) is 0 Å². The van der Waals surface area contributed by atoms with E-state index in [1.165, 1.54) is 12.1 Å². The molecule has 1 atom stereocenters. The molecule has 0 aliphatic carbocycles. The molecular weight excluding hydrogens is 297 g/mol. The number of likely N-dealkylation sites (N-methyl/N-ethyl adjacent to an activating group) is 1. The predicted octanol–water partition coefficient (Wildman–Crippen LogP) is 0.968. The fraction of sp³-hybridized carbons (Fsp3) is 0.429. The van der Waals surface area contributed by atoms with Gasteiger partial charge in [-0.25, -0.2) is 4.39 Å². The zero-order chi connectivity index (χ0) is 15.6. The second kappa shape index (κ2) is 6.41. The summed E-state index contributed by atoms with van der Waals surface area (Å²) in [6.45, 7) is 1.90. The Hall–Kier alpha value is -1.66. The van der Waals surface area contributed by atoms with Gasteiger partial charge in [-0.2, -0.15) is 0 Å². The lowest BCUT2D eigenvalue weighted by molar-refractivity contribution is -0.122. The molecule has 2 rings (SSSR count). The highest BCUT2D eigenvalue weighted by Crippen LogP contribution is 2.18. The van der Waals surface area contributed by atoms with Gasteiger partial charge in [0.2, 0.25) is 5.91 Å². The number of carbonyl (C=O) groups excluding carboxylic acids is 2. The van der Waals surface area contributed by atoms with Crippen molar-refractivity contribution in [3.63, 3.8) is 0 Å². The summed E-state index contributed by atoms with van der Waals surface area (Å²) in [7, 11) is 1.87. The molecule has 0 bridgehead atoms. The van der Waals surface area contributed by atoms with Gasteiger partial charge in [0.05, 0.1) is 10.9 Å². The van der Waals surface area contributed by atoms with Crippen molar-refractivity contribution in [3.8, 4) is 0 Å². The highest BCUT2D eigenvalue weighted by molar-refractivity contribution is 6.31. The number of amides is 2. The molecule has 21 heavy (non-hydrogen) atoms. The van der Waals surface area contributed by atoms with Gasteiger partial charge in [-0.1, -0.05) is 11.6 Å². The van der Waals surface area contributed by atoms with Gasteiger partial charge in [0.15, 0.2) is 0 Å².